The Hall–Kier alpha value is -0.780. The zero-order valence-corrected chi connectivity index (χ0v) is 14.2. The van der Waals surface area contributed by atoms with Crippen molar-refractivity contribution in [2.24, 2.45) is 5.73 Å². The first-order valence-corrected chi connectivity index (χ1v) is 8.01. The molecular weight excluding hydrogens is 385 g/mol. The highest BCUT2D eigenvalue weighted by molar-refractivity contribution is 14.1. The van der Waals surface area contributed by atoms with Crippen LogP contribution < -0.4 is 10.5 Å². The molecule has 0 radical (unpaired) electrons. The number of nitrogens with two attached hydrogens (primary N) is 1. The SMILES string of the molecule is CCCOc1ccccc1C(N)c1ccc(I)c(Cl)c1. The van der Waals surface area contributed by atoms with Crippen molar-refractivity contribution in [3.05, 3.63) is 62.2 Å². The lowest BCUT2D eigenvalue weighted by atomic mass is 9.99. The van der Waals surface area contributed by atoms with Gasteiger partial charge in [-0.3, -0.25) is 0 Å². The predicted octanol–water partition coefficient (Wildman–Crippen LogP) is 4.78. The van der Waals surface area contributed by atoms with E-state index in [1.807, 2.05) is 42.5 Å². The summed E-state index contributed by atoms with van der Waals surface area (Å²) in [6, 6.07) is 13.6. The molecule has 20 heavy (non-hydrogen) atoms. The van der Waals surface area contributed by atoms with Crippen molar-refractivity contribution in [2.45, 2.75) is 19.4 Å². The molecule has 0 heterocycles. The van der Waals surface area contributed by atoms with Crippen LogP contribution in [0.2, 0.25) is 5.02 Å². The van der Waals surface area contributed by atoms with Gasteiger partial charge in [-0.2, -0.15) is 0 Å². The molecule has 0 aromatic heterocycles. The Morgan fingerprint density at radius 2 is 2.00 bits per heavy atom. The molecule has 0 aliphatic carbocycles. The van der Waals surface area contributed by atoms with Crippen LogP contribution in [-0.4, -0.2) is 6.61 Å². The summed E-state index contributed by atoms with van der Waals surface area (Å²) in [4.78, 5) is 0. The van der Waals surface area contributed by atoms with Crippen LogP contribution in [0.1, 0.15) is 30.5 Å². The van der Waals surface area contributed by atoms with Crippen molar-refractivity contribution < 1.29 is 4.74 Å². The van der Waals surface area contributed by atoms with Gasteiger partial charge < -0.3 is 10.5 Å². The summed E-state index contributed by atoms with van der Waals surface area (Å²) < 4.78 is 6.79. The molecule has 2 N–H and O–H groups in total. The highest BCUT2D eigenvalue weighted by Gasteiger charge is 2.14. The normalized spacial score (nSPS) is 12.2. The van der Waals surface area contributed by atoms with Crippen LogP contribution in [0, 0.1) is 3.57 Å². The molecular formula is C16H17ClINO. The summed E-state index contributed by atoms with van der Waals surface area (Å²) in [5.74, 6) is 0.844. The minimum absolute atomic E-state index is 0.238. The van der Waals surface area contributed by atoms with Gasteiger partial charge in [-0.25, -0.2) is 0 Å². The Morgan fingerprint density at radius 3 is 2.70 bits per heavy atom. The highest BCUT2D eigenvalue weighted by Crippen LogP contribution is 2.30. The standard InChI is InChI=1S/C16H17ClINO/c1-2-9-20-15-6-4-3-5-12(15)16(19)11-7-8-14(18)13(17)10-11/h3-8,10,16H,2,9,19H2,1H3. The van der Waals surface area contributed by atoms with Crippen LogP contribution in [0.15, 0.2) is 42.5 Å². The molecule has 106 valence electrons. The minimum atomic E-state index is -0.238. The van der Waals surface area contributed by atoms with Crippen molar-refractivity contribution in [1.82, 2.24) is 0 Å². The number of hydrogen-bond acceptors (Lipinski definition) is 2. The Labute approximate surface area is 138 Å². The molecule has 0 fully saturated rings. The summed E-state index contributed by atoms with van der Waals surface area (Å²) in [5.41, 5.74) is 8.34. The van der Waals surface area contributed by atoms with Crippen LogP contribution in [0.4, 0.5) is 0 Å². The molecule has 0 spiro atoms. The van der Waals surface area contributed by atoms with Gasteiger partial charge in [0.2, 0.25) is 0 Å². The maximum atomic E-state index is 6.37. The Bertz CT molecular complexity index is 588. The average Bonchev–Trinajstić information content (AvgIpc) is 2.47. The van der Waals surface area contributed by atoms with Crippen molar-refractivity contribution in [2.75, 3.05) is 6.61 Å². The van der Waals surface area contributed by atoms with Crippen LogP contribution in [-0.2, 0) is 0 Å². The third-order valence-electron chi connectivity index (χ3n) is 3.02. The summed E-state index contributed by atoms with van der Waals surface area (Å²) in [6.07, 6.45) is 0.971. The second-order valence-corrected chi connectivity index (χ2v) is 6.11. The predicted molar refractivity (Wildman–Crippen MR) is 92.4 cm³/mol. The molecule has 0 aliphatic rings. The quantitative estimate of drug-likeness (QED) is 0.732. The van der Waals surface area contributed by atoms with E-state index in [-0.39, 0.29) is 6.04 Å². The molecule has 2 nitrogen and oxygen atoms in total. The van der Waals surface area contributed by atoms with Gasteiger partial charge in [0.25, 0.3) is 0 Å². The molecule has 1 atom stereocenters. The topological polar surface area (TPSA) is 35.2 Å². The minimum Gasteiger partial charge on any atom is -0.493 e. The zero-order chi connectivity index (χ0) is 14.5. The second-order valence-electron chi connectivity index (χ2n) is 4.54. The summed E-state index contributed by atoms with van der Waals surface area (Å²) in [7, 11) is 0. The molecule has 4 heteroatoms. The van der Waals surface area contributed by atoms with E-state index in [2.05, 4.69) is 29.5 Å². The molecule has 2 aromatic rings. The van der Waals surface area contributed by atoms with Crippen molar-refractivity contribution >= 4 is 34.2 Å². The van der Waals surface area contributed by atoms with Gasteiger partial charge in [-0.05, 0) is 52.8 Å². The highest BCUT2D eigenvalue weighted by atomic mass is 127. The molecule has 0 bridgehead atoms. The smallest absolute Gasteiger partial charge is 0.124 e. The number of hydrogen-bond donors (Lipinski definition) is 1. The van der Waals surface area contributed by atoms with E-state index in [1.165, 1.54) is 0 Å². The van der Waals surface area contributed by atoms with Gasteiger partial charge in [0.15, 0.2) is 0 Å². The Morgan fingerprint density at radius 1 is 1.25 bits per heavy atom. The van der Waals surface area contributed by atoms with Crippen molar-refractivity contribution in [3.63, 3.8) is 0 Å². The number of rotatable bonds is 5. The van der Waals surface area contributed by atoms with Crippen molar-refractivity contribution in [3.8, 4) is 5.75 Å². The van der Waals surface area contributed by atoms with Gasteiger partial charge in [0, 0.05) is 9.13 Å². The first-order valence-electron chi connectivity index (χ1n) is 6.55. The molecule has 0 saturated heterocycles. The second kappa shape index (κ2) is 7.29. The van der Waals surface area contributed by atoms with Crippen molar-refractivity contribution in [1.29, 1.82) is 0 Å². The average molecular weight is 402 g/mol. The van der Waals surface area contributed by atoms with Gasteiger partial charge in [0.05, 0.1) is 17.7 Å². The van der Waals surface area contributed by atoms with E-state index < -0.39 is 0 Å². The van der Waals surface area contributed by atoms with Crippen LogP contribution in [0.3, 0.4) is 0 Å². The summed E-state index contributed by atoms with van der Waals surface area (Å²) >= 11 is 8.38. The fourth-order valence-corrected chi connectivity index (χ4v) is 2.49. The third-order valence-corrected chi connectivity index (χ3v) is 4.59. The van der Waals surface area contributed by atoms with Crippen LogP contribution >= 0.6 is 34.2 Å². The van der Waals surface area contributed by atoms with E-state index in [9.17, 15) is 0 Å². The first kappa shape index (κ1) is 15.6. The fraction of sp³-hybridized carbons (Fsp3) is 0.250. The van der Waals surface area contributed by atoms with E-state index in [0.717, 1.165) is 31.9 Å². The largest absolute Gasteiger partial charge is 0.493 e. The van der Waals surface area contributed by atoms with Crippen LogP contribution in [0.5, 0.6) is 5.75 Å². The summed E-state index contributed by atoms with van der Waals surface area (Å²) in [6.45, 7) is 2.78. The molecule has 2 rings (SSSR count). The maximum Gasteiger partial charge on any atom is 0.124 e. The molecule has 0 aliphatic heterocycles. The monoisotopic (exact) mass is 401 g/mol. The number of halogens is 2. The molecule has 2 aromatic carbocycles. The van der Waals surface area contributed by atoms with Gasteiger partial charge in [0.1, 0.15) is 5.75 Å². The van der Waals surface area contributed by atoms with Crippen LogP contribution in [0.25, 0.3) is 0 Å². The maximum absolute atomic E-state index is 6.37. The Balaban J connectivity index is 2.32. The van der Waals surface area contributed by atoms with E-state index in [1.54, 1.807) is 0 Å². The van der Waals surface area contributed by atoms with E-state index in [4.69, 9.17) is 22.1 Å². The van der Waals surface area contributed by atoms with Gasteiger partial charge in [-0.15, -0.1) is 0 Å². The zero-order valence-electron chi connectivity index (χ0n) is 11.3. The number of benzene rings is 2. The lowest BCUT2D eigenvalue weighted by molar-refractivity contribution is 0.313. The third kappa shape index (κ3) is 3.65. The molecule has 1 unspecified atom stereocenters. The van der Waals surface area contributed by atoms with Gasteiger partial charge >= 0.3 is 0 Å². The lowest BCUT2D eigenvalue weighted by Crippen LogP contribution is -2.13. The molecule has 0 saturated carbocycles. The lowest BCUT2D eigenvalue weighted by Gasteiger charge is -2.17. The van der Waals surface area contributed by atoms with E-state index >= 15 is 0 Å². The Kier molecular flexibility index (Phi) is 5.69. The summed E-state index contributed by atoms with van der Waals surface area (Å²) in [5, 5.41) is 0.727. The first-order chi connectivity index (χ1) is 9.63. The fourth-order valence-electron chi connectivity index (χ4n) is 1.97. The van der Waals surface area contributed by atoms with E-state index in [0.29, 0.717) is 6.61 Å². The molecule has 0 amide bonds. The van der Waals surface area contributed by atoms with Gasteiger partial charge in [-0.1, -0.05) is 42.8 Å². The number of para-hydroxylation sites is 1. The number of ether oxygens (including phenoxy) is 1.